The van der Waals surface area contributed by atoms with Gasteiger partial charge in [0.1, 0.15) is 0 Å². The van der Waals surface area contributed by atoms with Crippen molar-refractivity contribution < 1.29 is 16.8 Å². The maximum Gasteiger partial charge on any atom is 0.211 e. The second kappa shape index (κ2) is 5.90. The predicted octanol–water partition coefficient (Wildman–Crippen LogP) is 0.330. The molecule has 0 spiro atoms. The van der Waals surface area contributed by atoms with E-state index in [4.69, 9.17) is 0 Å². The Labute approximate surface area is 122 Å². The first-order valence-electron chi connectivity index (χ1n) is 7.08. The molecular weight excluding hydrogens is 300 g/mol. The van der Waals surface area contributed by atoms with E-state index in [0.717, 1.165) is 25.7 Å². The van der Waals surface area contributed by atoms with Crippen LogP contribution in [0.4, 0.5) is 0 Å². The average molecular weight is 324 g/mol. The van der Waals surface area contributed by atoms with Gasteiger partial charge in [0.25, 0.3) is 0 Å². The number of sulfonamides is 2. The van der Waals surface area contributed by atoms with Crippen molar-refractivity contribution in [3.05, 3.63) is 0 Å². The second-order valence-electron chi connectivity index (χ2n) is 6.02. The van der Waals surface area contributed by atoms with E-state index in [1.54, 1.807) is 4.31 Å². The summed E-state index contributed by atoms with van der Waals surface area (Å²) in [7, 11) is -6.19. The van der Waals surface area contributed by atoms with E-state index in [9.17, 15) is 16.8 Å². The number of piperidine rings is 2. The second-order valence-corrected chi connectivity index (χ2v) is 9.99. The van der Waals surface area contributed by atoms with E-state index in [-0.39, 0.29) is 0 Å². The third-order valence-electron chi connectivity index (χ3n) is 4.52. The van der Waals surface area contributed by atoms with Crippen LogP contribution < -0.4 is 0 Å². The van der Waals surface area contributed by atoms with Crippen molar-refractivity contribution in [1.82, 2.24) is 8.61 Å². The Morgan fingerprint density at radius 2 is 1.30 bits per heavy atom. The molecule has 1 atom stereocenters. The normalized spacial score (nSPS) is 28.6. The minimum atomic E-state index is -3.10. The first kappa shape index (κ1) is 16.2. The lowest BCUT2D eigenvalue weighted by molar-refractivity contribution is 0.148. The van der Waals surface area contributed by atoms with Crippen molar-refractivity contribution in [1.29, 1.82) is 0 Å². The van der Waals surface area contributed by atoms with E-state index in [1.807, 2.05) is 0 Å². The highest BCUT2D eigenvalue weighted by Crippen LogP contribution is 2.32. The molecule has 0 aromatic heterocycles. The van der Waals surface area contributed by atoms with Crippen LogP contribution in [0.1, 0.15) is 25.7 Å². The Hall–Kier alpha value is -0.180. The minimum Gasteiger partial charge on any atom is -0.213 e. The van der Waals surface area contributed by atoms with E-state index in [2.05, 4.69) is 0 Å². The topological polar surface area (TPSA) is 74.8 Å². The van der Waals surface area contributed by atoms with E-state index < -0.39 is 20.0 Å². The van der Waals surface area contributed by atoms with E-state index in [0.29, 0.717) is 38.0 Å². The summed E-state index contributed by atoms with van der Waals surface area (Å²) in [6, 6.07) is 0. The van der Waals surface area contributed by atoms with Gasteiger partial charge in [0.15, 0.2) is 0 Å². The molecule has 0 radical (unpaired) electrons. The summed E-state index contributed by atoms with van der Waals surface area (Å²) in [4.78, 5) is 0. The zero-order chi connectivity index (χ0) is 15.0. The summed E-state index contributed by atoms with van der Waals surface area (Å²) in [6.07, 6.45) is 6.16. The van der Waals surface area contributed by atoms with Gasteiger partial charge in [-0.15, -0.1) is 0 Å². The Bertz CT molecular complexity index is 536. The number of hydrogen-bond donors (Lipinski definition) is 0. The molecule has 0 aromatic rings. The van der Waals surface area contributed by atoms with Crippen LogP contribution in [0, 0.1) is 11.8 Å². The van der Waals surface area contributed by atoms with Gasteiger partial charge in [0.2, 0.25) is 20.0 Å². The van der Waals surface area contributed by atoms with Crippen LogP contribution in [0.15, 0.2) is 0 Å². The van der Waals surface area contributed by atoms with Gasteiger partial charge in [-0.05, 0) is 37.5 Å². The quantitative estimate of drug-likeness (QED) is 0.750. The third-order valence-corrected chi connectivity index (χ3v) is 7.10. The molecule has 6 nitrogen and oxygen atoms in total. The van der Waals surface area contributed by atoms with E-state index in [1.165, 1.54) is 16.8 Å². The smallest absolute Gasteiger partial charge is 0.211 e. The molecule has 118 valence electrons. The van der Waals surface area contributed by atoms with Gasteiger partial charge in [-0.3, -0.25) is 0 Å². The predicted molar refractivity (Wildman–Crippen MR) is 78.3 cm³/mol. The van der Waals surface area contributed by atoms with Gasteiger partial charge in [-0.2, -0.15) is 0 Å². The molecule has 0 aliphatic carbocycles. The van der Waals surface area contributed by atoms with Crippen molar-refractivity contribution >= 4 is 20.0 Å². The van der Waals surface area contributed by atoms with Crippen LogP contribution in [0.5, 0.6) is 0 Å². The maximum atomic E-state index is 11.6. The fourth-order valence-corrected chi connectivity index (χ4v) is 5.14. The van der Waals surface area contributed by atoms with Gasteiger partial charge in [-0.25, -0.2) is 25.4 Å². The number of nitrogens with zero attached hydrogens (tertiary/aromatic N) is 2. The first-order chi connectivity index (χ1) is 9.18. The van der Waals surface area contributed by atoms with Gasteiger partial charge in [-0.1, -0.05) is 0 Å². The molecule has 1 unspecified atom stereocenters. The highest BCUT2D eigenvalue weighted by molar-refractivity contribution is 7.88. The van der Waals surface area contributed by atoms with Crippen LogP contribution in [0.3, 0.4) is 0 Å². The fourth-order valence-electron chi connectivity index (χ4n) is 3.34. The van der Waals surface area contributed by atoms with Gasteiger partial charge in [0.05, 0.1) is 12.5 Å². The monoisotopic (exact) mass is 324 g/mol. The Kier molecular flexibility index (Phi) is 4.78. The van der Waals surface area contributed by atoms with Gasteiger partial charge < -0.3 is 0 Å². The largest absolute Gasteiger partial charge is 0.213 e. The molecule has 2 aliphatic rings. The third kappa shape index (κ3) is 3.93. The molecule has 0 amide bonds. The molecule has 2 fully saturated rings. The Balaban J connectivity index is 1.94. The summed E-state index contributed by atoms with van der Waals surface area (Å²) in [5.74, 6) is 0.817. The molecular formula is C12H24N2O4S2. The zero-order valence-corrected chi connectivity index (χ0v) is 13.8. The molecule has 0 N–H and O–H groups in total. The number of hydrogen-bond acceptors (Lipinski definition) is 4. The molecule has 2 rings (SSSR count). The van der Waals surface area contributed by atoms with Gasteiger partial charge in [0, 0.05) is 26.2 Å². The van der Waals surface area contributed by atoms with Crippen LogP contribution in [0.2, 0.25) is 0 Å². The lowest BCUT2D eigenvalue weighted by atomic mass is 9.81. The molecule has 0 aromatic carbocycles. The summed E-state index contributed by atoms with van der Waals surface area (Å²) >= 11 is 0. The summed E-state index contributed by atoms with van der Waals surface area (Å²) in [5.41, 5.74) is 0. The lowest BCUT2D eigenvalue weighted by Crippen LogP contribution is -2.45. The summed E-state index contributed by atoms with van der Waals surface area (Å²) in [5, 5.41) is 0. The lowest BCUT2D eigenvalue weighted by Gasteiger charge is -2.39. The summed E-state index contributed by atoms with van der Waals surface area (Å²) in [6.45, 7) is 2.36. The highest BCUT2D eigenvalue weighted by Gasteiger charge is 2.34. The standard InChI is InChI=1S/C12H24N2O4S2/c1-19(15,16)13-8-5-11(6-9-13)12-4-3-7-14(10-12)20(2,17)18/h11-12H,3-10H2,1-2H3. The zero-order valence-electron chi connectivity index (χ0n) is 12.2. The molecule has 2 heterocycles. The molecule has 2 saturated heterocycles. The fraction of sp³-hybridized carbons (Fsp3) is 1.00. The van der Waals surface area contributed by atoms with Crippen LogP contribution in [0.25, 0.3) is 0 Å². The minimum absolute atomic E-state index is 0.375. The van der Waals surface area contributed by atoms with Crippen molar-refractivity contribution in [3.8, 4) is 0 Å². The molecule has 2 aliphatic heterocycles. The maximum absolute atomic E-state index is 11.6. The average Bonchev–Trinajstić information content (AvgIpc) is 2.37. The Morgan fingerprint density at radius 1 is 0.750 bits per heavy atom. The van der Waals surface area contributed by atoms with Crippen LogP contribution in [-0.2, 0) is 20.0 Å². The van der Waals surface area contributed by atoms with Crippen molar-refractivity contribution in [2.24, 2.45) is 11.8 Å². The van der Waals surface area contributed by atoms with Gasteiger partial charge >= 0.3 is 0 Å². The van der Waals surface area contributed by atoms with Crippen LogP contribution >= 0.6 is 0 Å². The van der Waals surface area contributed by atoms with Crippen LogP contribution in [-0.4, -0.2) is 64.1 Å². The molecule has 20 heavy (non-hydrogen) atoms. The molecule has 8 heteroatoms. The number of rotatable bonds is 3. The van der Waals surface area contributed by atoms with Crippen molar-refractivity contribution in [3.63, 3.8) is 0 Å². The first-order valence-corrected chi connectivity index (χ1v) is 10.8. The Morgan fingerprint density at radius 3 is 1.80 bits per heavy atom. The SMILES string of the molecule is CS(=O)(=O)N1CCC(C2CCCN(S(C)(=O)=O)C2)CC1. The van der Waals surface area contributed by atoms with Crippen molar-refractivity contribution in [2.45, 2.75) is 25.7 Å². The molecule has 0 bridgehead atoms. The summed E-state index contributed by atoms with van der Waals surface area (Å²) < 4.78 is 49.4. The van der Waals surface area contributed by atoms with Crippen molar-refractivity contribution in [2.75, 3.05) is 38.7 Å². The van der Waals surface area contributed by atoms with E-state index >= 15 is 0 Å². The highest BCUT2D eigenvalue weighted by atomic mass is 32.2. The molecule has 0 saturated carbocycles.